The van der Waals surface area contributed by atoms with Crippen LogP contribution < -0.4 is 15.6 Å². The Morgan fingerprint density at radius 1 is 1.17 bits per heavy atom. The number of fused-ring (bicyclic) bond motifs is 2. The maximum absolute atomic E-state index is 11.8. The highest BCUT2D eigenvalue weighted by Crippen LogP contribution is 2.32. The average Bonchev–Trinajstić information content (AvgIpc) is 3.08. The number of H-pyrrole nitrogens is 1. The molecule has 156 valence electrons. The van der Waals surface area contributed by atoms with Gasteiger partial charge in [0.05, 0.1) is 11.6 Å². The Balaban J connectivity index is 1.56. The summed E-state index contributed by atoms with van der Waals surface area (Å²) in [6.45, 7) is 1.70. The first-order valence-electron chi connectivity index (χ1n) is 9.86. The quantitative estimate of drug-likeness (QED) is 0.364. The normalized spacial score (nSPS) is 15.7. The molecule has 0 unspecified atom stereocenters. The van der Waals surface area contributed by atoms with Crippen molar-refractivity contribution in [3.05, 3.63) is 75.6 Å². The number of carbonyl (C=O) groups excluding carboxylic acids is 1. The molecule has 7 nitrogen and oxygen atoms in total. The number of aromatic nitrogens is 1. The SMILES string of the molecule is CC1(NC[C@H](O)c2ccc(OC(=O)CO)c3[nH]c(=O)ccc23)Cc2ccccc2C1. The zero-order valence-electron chi connectivity index (χ0n) is 16.6. The van der Waals surface area contributed by atoms with Gasteiger partial charge >= 0.3 is 5.97 Å². The van der Waals surface area contributed by atoms with E-state index >= 15 is 0 Å². The summed E-state index contributed by atoms with van der Waals surface area (Å²) >= 11 is 0. The molecule has 4 N–H and O–H groups in total. The number of aliphatic hydroxyl groups is 2. The Morgan fingerprint density at radius 3 is 2.53 bits per heavy atom. The molecule has 1 heterocycles. The number of hydrogen-bond acceptors (Lipinski definition) is 6. The number of esters is 1. The van der Waals surface area contributed by atoms with Gasteiger partial charge in [-0.25, -0.2) is 4.79 Å². The lowest BCUT2D eigenvalue weighted by molar-refractivity contribution is -0.137. The van der Waals surface area contributed by atoms with E-state index in [2.05, 4.69) is 29.4 Å². The molecule has 0 saturated carbocycles. The molecule has 2 aromatic carbocycles. The summed E-state index contributed by atoms with van der Waals surface area (Å²) in [5, 5.41) is 23.9. The van der Waals surface area contributed by atoms with Gasteiger partial charge in [-0.15, -0.1) is 0 Å². The second-order valence-electron chi connectivity index (χ2n) is 7.98. The predicted molar refractivity (Wildman–Crippen MR) is 113 cm³/mol. The van der Waals surface area contributed by atoms with Crippen molar-refractivity contribution in [1.82, 2.24) is 10.3 Å². The Morgan fingerprint density at radius 2 is 1.87 bits per heavy atom. The molecule has 0 radical (unpaired) electrons. The Bertz CT molecular complexity index is 1130. The van der Waals surface area contributed by atoms with Crippen molar-refractivity contribution in [1.29, 1.82) is 0 Å². The number of ether oxygens (including phenoxy) is 1. The van der Waals surface area contributed by atoms with Crippen LogP contribution >= 0.6 is 0 Å². The van der Waals surface area contributed by atoms with E-state index in [9.17, 15) is 14.7 Å². The van der Waals surface area contributed by atoms with Gasteiger partial charge in [-0.3, -0.25) is 4.79 Å². The fourth-order valence-corrected chi connectivity index (χ4v) is 4.16. The molecule has 1 atom stereocenters. The molecular weight excluding hydrogens is 384 g/mol. The van der Waals surface area contributed by atoms with Crippen molar-refractivity contribution in [3.63, 3.8) is 0 Å². The maximum Gasteiger partial charge on any atom is 0.337 e. The van der Waals surface area contributed by atoms with Crippen LogP contribution in [0.1, 0.15) is 29.7 Å². The second kappa shape index (κ2) is 8.02. The van der Waals surface area contributed by atoms with E-state index in [1.54, 1.807) is 12.1 Å². The average molecular weight is 408 g/mol. The standard InChI is InChI=1S/C23H24N2O5/c1-23(10-14-4-2-3-5-15(14)11-23)24-12-18(27)16-6-8-19(30-21(29)13-26)22-17(16)7-9-20(28)25-22/h2-9,18,24,26-27H,10-13H2,1H3,(H,25,28)/t18-/m0/s1. The minimum absolute atomic E-state index is 0.129. The number of aliphatic hydroxyl groups excluding tert-OH is 2. The van der Waals surface area contributed by atoms with Crippen LogP contribution in [0.4, 0.5) is 0 Å². The monoisotopic (exact) mass is 408 g/mol. The van der Waals surface area contributed by atoms with E-state index in [0.29, 0.717) is 23.0 Å². The van der Waals surface area contributed by atoms with Gasteiger partial charge in [0.25, 0.3) is 0 Å². The van der Waals surface area contributed by atoms with E-state index in [4.69, 9.17) is 9.84 Å². The highest BCUT2D eigenvalue weighted by Gasteiger charge is 2.32. The molecule has 0 amide bonds. The molecule has 7 heteroatoms. The zero-order chi connectivity index (χ0) is 21.3. The zero-order valence-corrected chi connectivity index (χ0v) is 16.6. The molecule has 0 fully saturated rings. The summed E-state index contributed by atoms with van der Waals surface area (Å²) in [7, 11) is 0. The van der Waals surface area contributed by atoms with Crippen LogP contribution in [0.25, 0.3) is 10.9 Å². The van der Waals surface area contributed by atoms with E-state index in [0.717, 1.165) is 12.8 Å². The topological polar surface area (TPSA) is 112 Å². The first-order valence-corrected chi connectivity index (χ1v) is 9.86. The van der Waals surface area contributed by atoms with E-state index in [1.807, 2.05) is 12.1 Å². The fourth-order valence-electron chi connectivity index (χ4n) is 4.16. The number of nitrogens with one attached hydrogen (secondary N) is 2. The lowest BCUT2D eigenvalue weighted by Crippen LogP contribution is -2.45. The Hall–Kier alpha value is -3.00. The summed E-state index contributed by atoms with van der Waals surface area (Å²) in [5.41, 5.74) is 3.05. The molecule has 3 aromatic rings. The number of hydrogen-bond donors (Lipinski definition) is 4. The second-order valence-corrected chi connectivity index (χ2v) is 7.98. The van der Waals surface area contributed by atoms with Gasteiger partial charge in [-0.05, 0) is 48.6 Å². The number of rotatable bonds is 6. The minimum Gasteiger partial charge on any atom is -0.423 e. The highest BCUT2D eigenvalue weighted by molar-refractivity contribution is 5.90. The lowest BCUT2D eigenvalue weighted by atomic mass is 9.97. The summed E-state index contributed by atoms with van der Waals surface area (Å²) in [6.07, 6.45) is 0.946. The molecule has 0 aliphatic heterocycles. The van der Waals surface area contributed by atoms with E-state index in [-0.39, 0.29) is 16.8 Å². The third-order valence-electron chi connectivity index (χ3n) is 5.60. The Labute approximate surface area is 173 Å². The van der Waals surface area contributed by atoms with Crippen LogP contribution in [0, 0.1) is 0 Å². The highest BCUT2D eigenvalue weighted by atomic mass is 16.5. The van der Waals surface area contributed by atoms with Crippen LogP contribution in [-0.2, 0) is 17.6 Å². The van der Waals surface area contributed by atoms with Crippen LogP contribution in [0.2, 0.25) is 0 Å². The van der Waals surface area contributed by atoms with Gasteiger partial charge in [-0.2, -0.15) is 0 Å². The van der Waals surface area contributed by atoms with Crippen molar-refractivity contribution in [3.8, 4) is 5.75 Å². The van der Waals surface area contributed by atoms with Gasteiger partial charge in [0.15, 0.2) is 5.75 Å². The van der Waals surface area contributed by atoms with Gasteiger partial charge in [0.2, 0.25) is 5.56 Å². The van der Waals surface area contributed by atoms with Crippen molar-refractivity contribution in [2.45, 2.75) is 31.4 Å². The molecule has 4 rings (SSSR count). The third kappa shape index (κ3) is 4.00. The summed E-state index contributed by atoms with van der Waals surface area (Å²) in [5.74, 6) is -0.700. The van der Waals surface area contributed by atoms with Crippen molar-refractivity contribution in [2.75, 3.05) is 13.2 Å². The first kappa shape index (κ1) is 20.3. The third-order valence-corrected chi connectivity index (χ3v) is 5.60. The smallest absolute Gasteiger partial charge is 0.337 e. The summed E-state index contributed by atoms with van der Waals surface area (Å²) < 4.78 is 5.10. The number of aromatic amines is 1. The number of β-amino-alcohol motifs (C(OH)–C–C–N with tert-alkyl or cyclic N) is 1. The molecule has 0 saturated heterocycles. The molecule has 0 spiro atoms. The number of pyridine rings is 1. The van der Waals surface area contributed by atoms with Gasteiger partial charge < -0.3 is 25.3 Å². The molecular formula is C23H24N2O5. The van der Waals surface area contributed by atoms with E-state index in [1.165, 1.54) is 23.3 Å². The van der Waals surface area contributed by atoms with Crippen LogP contribution in [-0.4, -0.2) is 39.9 Å². The minimum atomic E-state index is -0.832. The van der Waals surface area contributed by atoms with Gasteiger partial charge in [0, 0.05) is 23.5 Å². The van der Waals surface area contributed by atoms with Crippen molar-refractivity contribution >= 4 is 16.9 Å². The lowest BCUT2D eigenvalue weighted by Gasteiger charge is -2.27. The van der Waals surface area contributed by atoms with E-state index < -0.39 is 18.7 Å². The molecule has 0 bridgehead atoms. The maximum atomic E-state index is 11.8. The van der Waals surface area contributed by atoms with Crippen LogP contribution in [0.15, 0.2) is 53.3 Å². The predicted octanol–water partition coefficient (Wildman–Crippen LogP) is 1.61. The fraction of sp³-hybridized carbons (Fsp3) is 0.304. The van der Waals surface area contributed by atoms with Crippen LogP contribution in [0.3, 0.4) is 0 Å². The van der Waals surface area contributed by atoms with Crippen molar-refractivity contribution in [2.24, 2.45) is 0 Å². The summed E-state index contributed by atoms with van der Waals surface area (Å²) in [6, 6.07) is 14.5. The largest absolute Gasteiger partial charge is 0.423 e. The Kier molecular flexibility index (Phi) is 5.42. The van der Waals surface area contributed by atoms with Gasteiger partial charge in [0.1, 0.15) is 6.61 Å². The molecule has 1 aliphatic carbocycles. The first-order chi connectivity index (χ1) is 14.4. The summed E-state index contributed by atoms with van der Waals surface area (Å²) in [4.78, 5) is 25.9. The molecule has 1 aromatic heterocycles. The van der Waals surface area contributed by atoms with Gasteiger partial charge in [-0.1, -0.05) is 30.3 Å². The molecule has 1 aliphatic rings. The van der Waals surface area contributed by atoms with Crippen LogP contribution in [0.5, 0.6) is 5.75 Å². The number of benzene rings is 2. The number of carbonyl (C=O) groups is 1. The molecule has 30 heavy (non-hydrogen) atoms. The van der Waals surface area contributed by atoms with Crippen molar-refractivity contribution < 1.29 is 19.7 Å².